The second-order valence-electron chi connectivity index (χ2n) is 7.10. The summed E-state index contributed by atoms with van der Waals surface area (Å²) in [5.41, 5.74) is 1.50. The van der Waals surface area contributed by atoms with Gasteiger partial charge in [-0.25, -0.2) is 0 Å². The first-order chi connectivity index (χ1) is 11.3. The molecule has 1 N–H and O–H groups in total. The predicted octanol–water partition coefficient (Wildman–Crippen LogP) is 5.15. The zero-order valence-corrected chi connectivity index (χ0v) is 14.8. The van der Waals surface area contributed by atoms with E-state index in [1.165, 1.54) is 44.7 Å². The highest BCUT2D eigenvalue weighted by Crippen LogP contribution is 2.62. The van der Waals surface area contributed by atoms with Crippen LogP contribution in [0.15, 0.2) is 29.4 Å². The van der Waals surface area contributed by atoms with Crippen LogP contribution in [0.25, 0.3) is 0 Å². The van der Waals surface area contributed by atoms with Crippen molar-refractivity contribution in [3.05, 3.63) is 29.8 Å². The fourth-order valence-corrected chi connectivity index (χ4v) is 9.10. The Morgan fingerprint density at radius 3 is 1.96 bits per heavy atom. The summed E-state index contributed by atoms with van der Waals surface area (Å²) in [5, 5.41) is 13.2. The molecule has 3 nitrogen and oxygen atoms in total. The lowest BCUT2D eigenvalue weighted by Crippen LogP contribution is -2.31. The molecule has 0 unspecified atom stereocenters. The van der Waals surface area contributed by atoms with Gasteiger partial charge in [-0.05, 0) is 25.7 Å². The fourth-order valence-electron chi connectivity index (χ4n) is 4.60. The van der Waals surface area contributed by atoms with Gasteiger partial charge in [0.05, 0.1) is 6.21 Å². The third kappa shape index (κ3) is 3.40. The van der Waals surface area contributed by atoms with Crippen LogP contribution >= 0.6 is 7.14 Å². The van der Waals surface area contributed by atoms with Gasteiger partial charge in [0.25, 0.3) is 0 Å². The highest BCUT2D eigenvalue weighted by atomic mass is 31.2. The first-order valence-electron chi connectivity index (χ1n) is 9.13. The number of benzene rings is 1. The predicted molar refractivity (Wildman–Crippen MR) is 96.8 cm³/mol. The van der Waals surface area contributed by atoms with Crippen molar-refractivity contribution in [1.82, 2.24) is 0 Å². The van der Waals surface area contributed by atoms with Gasteiger partial charge in [-0.3, -0.25) is 0 Å². The van der Waals surface area contributed by atoms with Gasteiger partial charge in [0.15, 0.2) is 0 Å². The zero-order valence-electron chi connectivity index (χ0n) is 13.9. The molecule has 0 heterocycles. The maximum Gasteiger partial charge on any atom is 0.122 e. The number of nitrogens with zero attached hydrogens (tertiary/aromatic N) is 1. The van der Waals surface area contributed by atoms with E-state index in [0.29, 0.717) is 11.3 Å². The molecule has 2 aliphatic rings. The Morgan fingerprint density at radius 2 is 1.43 bits per heavy atom. The standard InChI is InChI=1S/C19H28NO2P/c21-20-15-16-9-7-8-14-19(16)23(22,17-10-3-1-4-11-17)18-12-5-2-6-13-18/h7-9,14-15,17-18,21H,1-6,10-13H2. The molecule has 2 aliphatic carbocycles. The molecular weight excluding hydrogens is 305 g/mol. The third-order valence-electron chi connectivity index (χ3n) is 5.74. The molecule has 0 saturated heterocycles. The summed E-state index contributed by atoms with van der Waals surface area (Å²) >= 11 is 0. The van der Waals surface area contributed by atoms with E-state index in [-0.39, 0.29) is 0 Å². The molecule has 0 radical (unpaired) electrons. The van der Waals surface area contributed by atoms with Crippen LogP contribution in [-0.4, -0.2) is 22.7 Å². The molecule has 2 fully saturated rings. The van der Waals surface area contributed by atoms with Crippen molar-refractivity contribution in [1.29, 1.82) is 0 Å². The van der Waals surface area contributed by atoms with E-state index < -0.39 is 7.14 Å². The van der Waals surface area contributed by atoms with Gasteiger partial charge >= 0.3 is 0 Å². The van der Waals surface area contributed by atoms with Crippen molar-refractivity contribution in [3.63, 3.8) is 0 Å². The number of hydrogen-bond donors (Lipinski definition) is 1. The monoisotopic (exact) mass is 333 g/mol. The highest BCUT2D eigenvalue weighted by molar-refractivity contribution is 7.73. The molecule has 3 rings (SSSR count). The minimum atomic E-state index is -2.49. The van der Waals surface area contributed by atoms with E-state index in [1.807, 2.05) is 24.3 Å². The first kappa shape index (κ1) is 16.8. The van der Waals surface area contributed by atoms with Crippen molar-refractivity contribution < 1.29 is 9.77 Å². The summed E-state index contributed by atoms with van der Waals surface area (Å²) in [6.07, 6.45) is 13.2. The number of oxime groups is 1. The maximum atomic E-state index is 14.5. The largest absolute Gasteiger partial charge is 0.411 e. The Labute approximate surface area is 139 Å². The molecule has 126 valence electrons. The molecule has 1 aromatic carbocycles. The second kappa shape index (κ2) is 7.66. The van der Waals surface area contributed by atoms with E-state index in [9.17, 15) is 4.57 Å². The van der Waals surface area contributed by atoms with Gasteiger partial charge in [-0.1, -0.05) is 67.9 Å². The van der Waals surface area contributed by atoms with E-state index >= 15 is 0 Å². The summed E-state index contributed by atoms with van der Waals surface area (Å²) in [7, 11) is -2.49. The topological polar surface area (TPSA) is 49.7 Å². The molecule has 0 bridgehead atoms. The Morgan fingerprint density at radius 1 is 0.913 bits per heavy atom. The van der Waals surface area contributed by atoms with Gasteiger partial charge in [0, 0.05) is 22.2 Å². The summed E-state index contributed by atoms with van der Waals surface area (Å²) in [6.45, 7) is 0. The molecule has 0 spiro atoms. The van der Waals surface area contributed by atoms with Crippen molar-refractivity contribution in [2.24, 2.45) is 5.16 Å². The third-order valence-corrected chi connectivity index (χ3v) is 10.1. The van der Waals surface area contributed by atoms with Gasteiger partial charge in [-0.15, -0.1) is 0 Å². The van der Waals surface area contributed by atoms with E-state index in [1.54, 1.807) is 0 Å². The summed E-state index contributed by atoms with van der Waals surface area (Å²) < 4.78 is 14.5. The molecule has 23 heavy (non-hydrogen) atoms. The van der Waals surface area contributed by atoms with Crippen molar-refractivity contribution in [2.75, 3.05) is 0 Å². The van der Waals surface area contributed by atoms with Crippen LogP contribution in [0.2, 0.25) is 0 Å². The van der Waals surface area contributed by atoms with Crippen molar-refractivity contribution in [3.8, 4) is 0 Å². The minimum absolute atomic E-state index is 0.326. The van der Waals surface area contributed by atoms with Crippen LogP contribution < -0.4 is 5.30 Å². The second-order valence-corrected chi connectivity index (χ2v) is 10.5. The highest BCUT2D eigenvalue weighted by Gasteiger charge is 2.43. The van der Waals surface area contributed by atoms with Crippen LogP contribution in [0.5, 0.6) is 0 Å². The van der Waals surface area contributed by atoms with E-state index in [2.05, 4.69) is 5.16 Å². The van der Waals surface area contributed by atoms with E-state index in [4.69, 9.17) is 5.21 Å². The SMILES string of the molecule is O=P(c1ccccc1C=NO)(C1CCCCC1)C1CCCCC1. The summed E-state index contributed by atoms with van der Waals surface area (Å²) in [4.78, 5) is 0. The number of rotatable bonds is 4. The average molecular weight is 333 g/mol. The Kier molecular flexibility index (Phi) is 5.58. The van der Waals surface area contributed by atoms with Crippen molar-refractivity contribution in [2.45, 2.75) is 75.5 Å². The van der Waals surface area contributed by atoms with Crippen LogP contribution in [0.1, 0.15) is 69.8 Å². The summed E-state index contributed by atoms with van der Waals surface area (Å²) in [5.74, 6) is 0. The number of hydrogen-bond acceptors (Lipinski definition) is 3. The maximum absolute atomic E-state index is 14.5. The quantitative estimate of drug-likeness (QED) is 0.358. The summed E-state index contributed by atoms with van der Waals surface area (Å²) in [6, 6.07) is 7.89. The normalized spacial score (nSPS) is 21.7. The molecular formula is C19H28NO2P. The van der Waals surface area contributed by atoms with E-state index in [0.717, 1.165) is 36.6 Å². The zero-order chi connectivity index (χ0) is 16.1. The first-order valence-corrected chi connectivity index (χ1v) is 11.0. The van der Waals surface area contributed by atoms with Gasteiger partial charge in [0.1, 0.15) is 7.14 Å². The van der Waals surface area contributed by atoms with Gasteiger partial charge in [0.2, 0.25) is 0 Å². The molecule has 0 aromatic heterocycles. The smallest absolute Gasteiger partial charge is 0.122 e. The molecule has 0 aliphatic heterocycles. The molecule has 2 saturated carbocycles. The molecule has 1 aromatic rings. The Balaban J connectivity index is 2.05. The van der Waals surface area contributed by atoms with Crippen LogP contribution in [0.3, 0.4) is 0 Å². The Bertz CT molecular complexity index is 565. The van der Waals surface area contributed by atoms with Crippen LogP contribution in [0, 0.1) is 0 Å². The van der Waals surface area contributed by atoms with Crippen LogP contribution in [0.4, 0.5) is 0 Å². The molecule has 0 atom stereocenters. The lowest BCUT2D eigenvalue weighted by atomic mass is 9.99. The van der Waals surface area contributed by atoms with Crippen molar-refractivity contribution >= 4 is 18.7 Å². The molecule has 0 amide bonds. The van der Waals surface area contributed by atoms with Gasteiger partial charge < -0.3 is 9.77 Å². The lowest BCUT2D eigenvalue weighted by Gasteiger charge is -2.39. The average Bonchev–Trinajstić information content (AvgIpc) is 2.63. The van der Waals surface area contributed by atoms with Gasteiger partial charge in [-0.2, -0.15) is 0 Å². The molecule has 4 heteroatoms. The van der Waals surface area contributed by atoms with Crippen LogP contribution in [-0.2, 0) is 4.57 Å². The minimum Gasteiger partial charge on any atom is -0.411 e. The Hall–Kier alpha value is -1.08. The lowest BCUT2D eigenvalue weighted by molar-refractivity contribution is 0.322. The fraction of sp³-hybridized carbons (Fsp3) is 0.632.